The highest BCUT2D eigenvalue weighted by Crippen LogP contribution is 2.38. The van der Waals surface area contributed by atoms with Crippen LogP contribution in [0, 0.1) is 0 Å². The lowest BCUT2D eigenvalue weighted by molar-refractivity contribution is -0.110. The van der Waals surface area contributed by atoms with Gasteiger partial charge in [-0.05, 0) is 48.9 Å². The van der Waals surface area contributed by atoms with E-state index in [0.717, 1.165) is 26.1 Å². The van der Waals surface area contributed by atoms with Crippen LogP contribution < -0.4 is 10.2 Å². The highest BCUT2D eigenvalue weighted by Gasteiger charge is 2.15. The van der Waals surface area contributed by atoms with E-state index in [2.05, 4.69) is 22.7 Å². The summed E-state index contributed by atoms with van der Waals surface area (Å²) in [5.74, 6) is 0.697. The van der Waals surface area contributed by atoms with Gasteiger partial charge in [-0.15, -0.1) is 23.5 Å². The number of hydrazone groups is 1. The Bertz CT molecular complexity index is 739. The smallest absolute Gasteiger partial charge is 0.186 e. The number of anilines is 1. The minimum absolute atomic E-state index is 0.0750. The number of methoxy groups -OCH3 is 1. The Kier molecular flexibility index (Phi) is 7.74. The summed E-state index contributed by atoms with van der Waals surface area (Å²) < 4.78 is 5.14. The predicted molar refractivity (Wildman–Crippen MR) is 111 cm³/mol. The van der Waals surface area contributed by atoms with Crippen molar-refractivity contribution in [1.29, 1.82) is 0 Å². The van der Waals surface area contributed by atoms with Crippen LogP contribution in [0.5, 0.6) is 5.75 Å². The second-order valence-electron chi connectivity index (χ2n) is 4.91. The zero-order valence-corrected chi connectivity index (χ0v) is 17.0. The first kappa shape index (κ1) is 19.8. The van der Waals surface area contributed by atoms with Crippen molar-refractivity contribution in [3.05, 3.63) is 42.5 Å². The standard InChI is InChI=1S/C18H20N2O2S3/c1-12(21)18(20-19-13-8-10-14(22-2)11-9-13)25-17-15(23-3)6-5-7-16(17)24-4/h5-11,19H,1-4H3/b20-18+. The zero-order valence-electron chi connectivity index (χ0n) is 14.5. The van der Waals surface area contributed by atoms with Gasteiger partial charge in [-0.25, -0.2) is 0 Å². The molecule has 0 saturated carbocycles. The van der Waals surface area contributed by atoms with Crippen LogP contribution in [0.2, 0.25) is 0 Å². The van der Waals surface area contributed by atoms with Gasteiger partial charge < -0.3 is 4.74 Å². The maximum atomic E-state index is 12.0. The number of hydrogen-bond donors (Lipinski definition) is 1. The van der Waals surface area contributed by atoms with Crippen LogP contribution in [0.4, 0.5) is 5.69 Å². The number of nitrogens with one attached hydrogen (secondary N) is 1. The molecule has 0 amide bonds. The molecule has 2 aromatic rings. The number of carbonyl (C=O) groups is 1. The first-order chi connectivity index (χ1) is 12.1. The van der Waals surface area contributed by atoms with Crippen molar-refractivity contribution in [1.82, 2.24) is 0 Å². The number of nitrogens with zero attached hydrogens (tertiary/aromatic N) is 1. The Balaban J connectivity index is 2.25. The van der Waals surface area contributed by atoms with Crippen molar-refractivity contribution in [2.24, 2.45) is 5.10 Å². The first-order valence-electron chi connectivity index (χ1n) is 7.46. The number of rotatable bonds is 7. The summed E-state index contributed by atoms with van der Waals surface area (Å²) in [4.78, 5) is 15.4. The van der Waals surface area contributed by atoms with Gasteiger partial charge in [0.25, 0.3) is 0 Å². The number of benzene rings is 2. The lowest BCUT2D eigenvalue weighted by atomic mass is 10.3. The molecule has 25 heavy (non-hydrogen) atoms. The molecule has 0 aliphatic carbocycles. The molecule has 0 atom stereocenters. The van der Waals surface area contributed by atoms with Gasteiger partial charge in [0.05, 0.1) is 12.8 Å². The van der Waals surface area contributed by atoms with Crippen molar-refractivity contribution >= 4 is 51.8 Å². The van der Waals surface area contributed by atoms with Gasteiger partial charge in [0.2, 0.25) is 0 Å². The van der Waals surface area contributed by atoms with Gasteiger partial charge in [-0.3, -0.25) is 10.2 Å². The van der Waals surface area contributed by atoms with E-state index in [1.54, 1.807) is 30.6 Å². The molecule has 0 heterocycles. The van der Waals surface area contributed by atoms with Crippen molar-refractivity contribution in [3.8, 4) is 5.75 Å². The zero-order chi connectivity index (χ0) is 18.2. The van der Waals surface area contributed by atoms with Gasteiger partial charge in [0, 0.05) is 21.6 Å². The largest absolute Gasteiger partial charge is 0.497 e. The number of thioether (sulfide) groups is 3. The molecule has 2 aromatic carbocycles. The Hall–Kier alpha value is -1.57. The number of hydrogen-bond acceptors (Lipinski definition) is 7. The summed E-state index contributed by atoms with van der Waals surface area (Å²) in [6, 6.07) is 13.5. The first-order valence-corrected chi connectivity index (χ1v) is 10.7. The lowest BCUT2D eigenvalue weighted by Crippen LogP contribution is -2.08. The average molecular weight is 393 g/mol. The molecular weight excluding hydrogens is 372 g/mol. The van der Waals surface area contributed by atoms with E-state index < -0.39 is 0 Å². The Morgan fingerprint density at radius 3 is 2.12 bits per heavy atom. The fraction of sp³-hybridized carbons (Fsp3) is 0.222. The number of ether oxygens (including phenoxy) is 1. The van der Waals surface area contributed by atoms with Crippen molar-refractivity contribution < 1.29 is 9.53 Å². The molecule has 7 heteroatoms. The second kappa shape index (κ2) is 9.79. The summed E-state index contributed by atoms with van der Waals surface area (Å²) in [6.07, 6.45) is 4.06. The van der Waals surface area contributed by atoms with Crippen molar-refractivity contribution in [2.45, 2.75) is 21.6 Å². The van der Waals surface area contributed by atoms with Crippen molar-refractivity contribution in [3.63, 3.8) is 0 Å². The van der Waals surface area contributed by atoms with Crippen LogP contribution in [0.25, 0.3) is 0 Å². The van der Waals surface area contributed by atoms with Crippen LogP contribution >= 0.6 is 35.3 Å². The van der Waals surface area contributed by atoms with Gasteiger partial charge in [0.1, 0.15) is 5.75 Å². The number of carbonyl (C=O) groups excluding carboxylic acids is 1. The summed E-state index contributed by atoms with van der Waals surface area (Å²) in [7, 11) is 1.62. The quantitative estimate of drug-likeness (QED) is 0.301. The molecule has 1 N–H and O–H groups in total. The molecule has 0 fully saturated rings. The third-order valence-corrected chi connectivity index (χ3v) is 6.29. The summed E-state index contributed by atoms with van der Waals surface area (Å²) >= 11 is 4.72. The molecule has 0 aromatic heterocycles. The highest BCUT2D eigenvalue weighted by atomic mass is 32.2. The second-order valence-corrected chi connectivity index (χ2v) is 7.60. The third-order valence-electron chi connectivity index (χ3n) is 3.26. The summed E-state index contributed by atoms with van der Waals surface area (Å²) in [5.41, 5.74) is 3.74. The number of ketones is 1. The van der Waals surface area contributed by atoms with E-state index in [1.807, 2.05) is 42.8 Å². The van der Waals surface area contributed by atoms with E-state index in [0.29, 0.717) is 5.04 Å². The van der Waals surface area contributed by atoms with E-state index in [9.17, 15) is 4.79 Å². The lowest BCUT2D eigenvalue weighted by Gasteiger charge is -2.12. The van der Waals surface area contributed by atoms with Crippen LogP contribution in [0.15, 0.2) is 62.3 Å². The normalized spacial score (nSPS) is 11.3. The molecule has 132 valence electrons. The fourth-order valence-corrected chi connectivity index (χ4v) is 4.57. The SMILES string of the molecule is COc1ccc(N/N=C(/Sc2c(SC)cccc2SC)C(C)=O)cc1. The molecule has 0 aliphatic heterocycles. The van der Waals surface area contributed by atoms with Gasteiger partial charge in [-0.2, -0.15) is 5.10 Å². The Morgan fingerprint density at radius 2 is 1.64 bits per heavy atom. The van der Waals surface area contributed by atoms with E-state index >= 15 is 0 Å². The molecule has 0 spiro atoms. The minimum Gasteiger partial charge on any atom is -0.497 e. The molecule has 2 rings (SSSR count). The summed E-state index contributed by atoms with van der Waals surface area (Å²) in [6.45, 7) is 1.53. The summed E-state index contributed by atoms with van der Waals surface area (Å²) in [5, 5.41) is 4.74. The molecule has 0 bridgehead atoms. The van der Waals surface area contributed by atoms with Crippen LogP contribution in [-0.4, -0.2) is 30.4 Å². The van der Waals surface area contributed by atoms with Crippen LogP contribution in [0.1, 0.15) is 6.92 Å². The maximum absolute atomic E-state index is 12.0. The Morgan fingerprint density at radius 1 is 1.04 bits per heavy atom. The molecule has 0 saturated heterocycles. The average Bonchev–Trinajstić information content (AvgIpc) is 2.65. The topological polar surface area (TPSA) is 50.7 Å². The molecule has 4 nitrogen and oxygen atoms in total. The maximum Gasteiger partial charge on any atom is 0.186 e. The third kappa shape index (κ3) is 5.45. The Labute approximate surface area is 161 Å². The van der Waals surface area contributed by atoms with Crippen LogP contribution in [-0.2, 0) is 4.79 Å². The van der Waals surface area contributed by atoms with E-state index in [4.69, 9.17) is 4.74 Å². The van der Waals surface area contributed by atoms with Gasteiger partial charge in [0.15, 0.2) is 10.8 Å². The molecule has 0 unspecified atom stereocenters. The monoisotopic (exact) mass is 392 g/mol. The van der Waals surface area contributed by atoms with Gasteiger partial charge >= 0.3 is 0 Å². The van der Waals surface area contributed by atoms with Crippen molar-refractivity contribution in [2.75, 3.05) is 25.0 Å². The molecular formula is C18H20N2O2S3. The predicted octanol–water partition coefficient (Wildman–Crippen LogP) is 5.25. The molecule has 0 aliphatic rings. The van der Waals surface area contributed by atoms with E-state index in [1.165, 1.54) is 18.7 Å². The van der Waals surface area contributed by atoms with Crippen LogP contribution in [0.3, 0.4) is 0 Å². The number of Topliss-reactive ketones (excluding diaryl/α,β-unsaturated/α-hetero) is 1. The van der Waals surface area contributed by atoms with Gasteiger partial charge in [-0.1, -0.05) is 17.8 Å². The minimum atomic E-state index is -0.0750. The fourth-order valence-electron chi connectivity index (χ4n) is 1.97. The highest BCUT2D eigenvalue weighted by molar-refractivity contribution is 8.16. The van der Waals surface area contributed by atoms with E-state index in [-0.39, 0.29) is 5.78 Å². The molecule has 0 radical (unpaired) electrons.